The van der Waals surface area contributed by atoms with Crippen molar-refractivity contribution in [2.24, 2.45) is 0 Å². The lowest BCUT2D eigenvalue weighted by Gasteiger charge is -2.35. The largest absolute Gasteiger partial charge is 0.384 e. The lowest BCUT2D eigenvalue weighted by atomic mass is 10.0. The molecular formula is C44H53N11O7S. The Hall–Kier alpha value is -6.44. The number of benzene rings is 3. The van der Waals surface area contributed by atoms with Gasteiger partial charge in [-0.1, -0.05) is 12.1 Å². The summed E-state index contributed by atoms with van der Waals surface area (Å²) in [6.45, 7) is 11.5. The number of imide groups is 2. The fourth-order valence-corrected chi connectivity index (χ4v) is 9.10. The molecule has 0 spiro atoms. The van der Waals surface area contributed by atoms with Gasteiger partial charge >= 0.3 is 0 Å². The number of carbonyl (C=O) groups is 5. The molecule has 3 aromatic carbocycles. The minimum Gasteiger partial charge on any atom is -0.384 e. The van der Waals surface area contributed by atoms with Gasteiger partial charge in [0.1, 0.15) is 11.9 Å². The first-order chi connectivity index (χ1) is 30.0. The van der Waals surface area contributed by atoms with Gasteiger partial charge in [0.2, 0.25) is 33.7 Å². The van der Waals surface area contributed by atoms with E-state index in [9.17, 15) is 32.4 Å². The van der Waals surface area contributed by atoms with Crippen LogP contribution >= 0.6 is 0 Å². The van der Waals surface area contributed by atoms with Crippen LogP contribution in [0.3, 0.4) is 0 Å². The van der Waals surface area contributed by atoms with Crippen LogP contribution in [0.2, 0.25) is 0 Å². The number of nitrogens with one attached hydrogen (secondary N) is 6. The summed E-state index contributed by atoms with van der Waals surface area (Å²) in [5, 5.41) is 14.9. The Kier molecular flexibility index (Phi) is 13.4. The zero-order chi connectivity index (χ0) is 44.9. The molecule has 3 aliphatic rings. The van der Waals surface area contributed by atoms with Gasteiger partial charge in [0.25, 0.3) is 11.8 Å². The van der Waals surface area contributed by atoms with Gasteiger partial charge in [0.15, 0.2) is 0 Å². The summed E-state index contributed by atoms with van der Waals surface area (Å²) in [7, 11) is -3.71. The van der Waals surface area contributed by atoms with Crippen molar-refractivity contribution in [1.82, 2.24) is 35.1 Å². The number of aromatic nitrogens is 2. The number of amides is 5. The number of unbranched alkanes of at least 4 members (excludes halogenated alkanes) is 1. The highest BCUT2D eigenvalue weighted by Crippen LogP contribution is 2.32. The Morgan fingerprint density at radius 2 is 1.60 bits per heavy atom. The number of hydrogen-bond donors (Lipinski definition) is 6. The van der Waals surface area contributed by atoms with Gasteiger partial charge in [0, 0.05) is 85.7 Å². The first-order valence-corrected chi connectivity index (χ1v) is 22.5. The summed E-state index contributed by atoms with van der Waals surface area (Å²) in [5.74, 6) is -1.30. The van der Waals surface area contributed by atoms with E-state index in [-0.39, 0.29) is 34.8 Å². The normalized spacial score (nSPS) is 17.0. The van der Waals surface area contributed by atoms with Crippen molar-refractivity contribution < 1.29 is 32.4 Å². The number of fused-ring (bicyclic) bond motifs is 1. The second-order valence-electron chi connectivity index (χ2n) is 16.8. The second-order valence-corrected chi connectivity index (χ2v) is 18.5. The first-order valence-electron chi connectivity index (χ1n) is 21.0. The van der Waals surface area contributed by atoms with Crippen molar-refractivity contribution in [2.45, 2.75) is 69.9 Å². The van der Waals surface area contributed by atoms with E-state index in [4.69, 9.17) is 0 Å². The van der Waals surface area contributed by atoms with Gasteiger partial charge in [-0.3, -0.25) is 39.1 Å². The van der Waals surface area contributed by atoms with E-state index in [0.717, 1.165) is 48.0 Å². The molecule has 63 heavy (non-hydrogen) atoms. The van der Waals surface area contributed by atoms with Crippen molar-refractivity contribution in [3.05, 3.63) is 89.6 Å². The maximum Gasteiger partial charge on any atom is 0.264 e. The lowest BCUT2D eigenvalue weighted by Crippen LogP contribution is -2.54. The minimum absolute atomic E-state index is 0.0445. The zero-order valence-electron chi connectivity index (χ0n) is 35.8. The molecule has 1 atom stereocenters. The summed E-state index contributed by atoms with van der Waals surface area (Å²) >= 11 is 0. The van der Waals surface area contributed by atoms with Crippen LogP contribution in [0.1, 0.15) is 72.7 Å². The van der Waals surface area contributed by atoms with Gasteiger partial charge in [-0.25, -0.2) is 18.1 Å². The molecular weight excluding hydrogens is 827 g/mol. The monoisotopic (exact) mass is 879 g/mol. The summed E-state index contributed by atoms with van der Waals surface area (Å²) in [6, 6.07) is 18.5. The minimum atomic E-state index is -3.71. The van der Waals surface area contributed by atoms with Gasteiger partial charge in [-0.05, 0) is 102 Å². The first kappa shape index (κ1) is 44.6. The molecule has 0 radical (unpaired) electrons. The van der Waals surface area contributed by atoms with Gasteiger partial charge < -0.3 is 26.2 Å². The Bertz CT molecular complexity index is 2500. The van der Waals surface area contributed by atoms with E-state index >= 15 is 0 Å². The standard InChI is InChI=1S/C44H53N11O7S/c1-28-26-47-43(51-39(28)48-30-9-7-10-32(25-30)63(61,62)52-44(2,3)4)49-29-13-15-31(16-14-29)54-23-21-53(22-24-54)27-37(57)46-20-6-5-19-45-34-12-8-11-33-38(34)42(60)55(41(33)59)35-17-18-36(56)50-40(35)58/h7-16,25-26,35,45,52H,5-6,17-24,27H2,1-4H3,(H,46,57)(H,50,56,58)(H2,47,48,49,51). The SMILES string of the molecule is Cc1cnc(Nc2ccc(N3CCN(CC(=O)NCCCCNc4cccc5c4C(=O)N(C4CCC(=O)NC4=O)C5=O)CC3)cc2)nc1Nc1cccc(S(=O)(=O)NC(C)(C)C)c1. The molecule has 1 aromatic heterocycles. The van der Waals surface area contributed by atoms with E-state index in [2.05, 4.69) is 51.1 Å². The molecule has 0 saturated carbocycles. The van der Waals surface area contributed by atoms with E-state index < -0.39 is 45.2 Å². The number of sulfonamides is 1. The molecule has 1 unspecified atom stereocenters. The molecule has 18 nitrogen and oxygen atoms in total. The van der Waals surface area contributed by atoms with Crippen LogP contribution in [0, 0.1) is 6.92 Å². The molecule has 332 valence electrons. The van der Waals surface area contributed by atoms with Crippen LogP contribution in [0.4, 0.5) is 34.5 Å². The highest BCUT2D eigenvalue weighted by molar-refractivity contribution is 7.89. The molecule has 2 saturated heterocycles. The predicted octanol–water partition coefficient (Wildman–Crippen LogP) is 3.88. The summed E-state index contributed by atoms with van der Waals surface area (Å²) in [6.07, 6.45) is 3.25. The summed E-state index contributed by atoms with van der Waals surface area (Å²) < 4.78 is 28.5. The predicted molar refractivity (Wildman–Crippen MR) is 239 cm³/mol. The number of hydrogen-bond acceptors (Lipinski definition) is 14. The molecule has 4 heterocycles. The number of anilines is 6. The quantitative estimate of drug-likeness (QED) is 0.0694. The van der Waals surface area contributed by atoms with Gasteiger partial charge in [-0.15, -0.1) is 0 Å². The number of carbonyl (C=O) groups excluding carboxylic acids is 5. The van der Waals surface area contributed by atoms with Gasteiger partial charge in [-0.2, -0.15) is 4.98 Å². The fourth-order valence-electron chi connectivity index (χ4n) is 7.64. The van der Waals surface area contributed by atoms with E-state index in [1.165, 1.54) is 0 Å². The highest BCUT2D eigenvalue weighted by atomic mass is 32.2. The van der Waals surface area contributed by atoms with Crippen molar-refractivity contribution >= 4 is 74.1 Å². The average Bonchev–Trinajstić information content (AvgIpc) is 3.49. The molecule has 7 rings (SSSR count). The number of piperazine rings is 1. The number of nitrogens with zero attached hydrogens (tertiary/aromatic N) is 5. The maximum absolute atomic E-state index is 13.3. The molecule has 4 aromatic rings. The van der Waals surface area contributed by atoms with Crippen LogP contribution in [-0.2, 0) is 24.4 Å². The molecule has 19 heteroatoms. The molecule has 2 fully saturated rings. The summed E-state index contributed by atoms with van der Waals surface area (Å²) in [5.41, 5.74) is 3.55. The Balaban J connectivity index is 0.814. The Labute approximate surface area is 366 Å². The zero-order valence-corrected chi connectivity index (χ0v) is 36.6. The lowest BCUT2D eigenvalue weighted by molar-refractivity contribution is -0.136. The van der Waals surface area contributed by atoms with Crippen molar-refractivity contribution in [2.75, 3.05) is 66.7 Å². The molecule has 6 N–H and O–H groups in total. The number of rotatable bonds is 16. The Morgan fingerprint density at radius 1 is 0.873 bits per heavy atom. The average molecular weight is 880 g/mol. The third kappa shape index (κ3) is 11.0. The third-order valence-corrected chi connectivity index (χ3v) is 12.5. The van der Waals surface area contributed by atoms with Gasteiger partial charge in [0.05, 0.1) is 22.6 Å². The van der Waals surface area contributed by atoms with E-state index in [1.807, 2.05) is 31.2 Å². The van der Waals surface area contributed by atoms with Crippen molar-refractivity contribution in [3.8, 4) is 0 Å². The van der Waals surface area contributed by atoms with Crippen LogP contribution in [0.15, 0.2) is 77.8 Å². The van der Waals surface area contributed by atoms with Crippen LogP contribution < -0.4 is 36.2 Å². The topological polar surface area (TPSA) is 227 Å². The number of aryl methyl sites for hydroxylation is 1. The number of piperidine rings is 1. The third-order valence-electron chi connectivity index (χ3n) is 10.8. The molecule has 3 aliphatic heterocycles. The molecule has 0 aliphatic carbocycles. The molecule has 0 bridgehead atoms. The molecule has 5 amide bonds. The van der Waals surface area contributed by atoms with Crippen LogP contribution in [0.5, 0.6) is 0 Å². The van der Waals surface area contributed by atoms with Crippen LogP contribution in [-0.4, -0.2) is 115 Å². The fraction of sp³-hybridized carbons (Fsp3) is 0.386. The Morgan fingerprint density at radius 3 is 2.33 bits per heavy atom. The van der Waals surface area contributed by atoms with Crippen LogP contribution in [0.25, 0.3) is 0 Å². The van der Waals surface area contributed by atoms with Crippen molar-refractivity contribution in [1.29, 1.82) is 0 Å². The highest BCUT2D eigenvalue weighted by Gasteiger charge is 2.45. The van der Waals surface area contributed by atoms with E-state index in [0.29, 0.717) is 55.6 Å². The smallest absolute Gasteiger partial charge is 0.264 e. The van der Waals surface area contributed by atoms with E-state index in [1.54, 1.807) is 69.4 Å². The maximum atomic E-state index is 13.3. The summed E-state index contributed by atoms with van der Waals surface area (Å²) in [4.78, 5) is 77.8. The van der Waals surface area contributed by atoms with Crippen molar-refractivity contribution in [3.63, 3.8) is 0 Å². The second kappa shape index (κ2) is 18.9.